The molecule has 0 aliphatic carbocycles. The molecule has 2 atom stereocenters. The predicted molar refractivity (Wildman–Crippen MR) is 119 cm³/mol. The van der Waals surface area contributed by atoms with Crippen molar-refractivity contribution in [3.8, 4) is 0 Å². The summed E-state index contributed by atoms with van der Waals surface area (Å²) >= 11 is 11.2. The molecule has 0 saturated heterocycles. The highest BCUT2D eigenvalue weighted by atomic mass is 35.5. The minimum absolute atomic E-state index is 0.00395. The van der Waals surface area contributed by atoms with Crippen molar-refractivity contribution in [3.05, 3.63) is 35.3 Å². The van der Waals surface area contributed by atoms with Gasteiger partial charge in [0.1, 0.15) is 12.6 Å². The fraction of sp³-hybridized carbons (Fsp3) is 0.526. The fourth-order valence-electron chi connectivity index (χ4n) is 2.14. The maximum absolute atomic E-state index is 12.1. The van der Waals surface area contributed by atoms with Crippen LogP contribution in [0.25, 0.3) is 0 Å². The molecule has 0 aromatic carbocycles. The van der Waals surface area contributed by atoms with E-state index < -0.39 is 51.6 Å². The molecule has 0 radical (unpaired) electrons. The van der Waals surface area contributed by atoms with Crippen LogP contribution in [-0.4, -0.2) is 69.7 Å². The number of hydrogen-bond acceptors (Lipinski definition) is 9. The van der Waals surface area contributed by atoms with Crippen molar-refractivity contribution in [2.45, 2.75) is 37.8 Å². The third-order valence-electron chi connectivity index (χ3n) is 3.32. The Bertz CT molecular complexity index is 823. The summed E-state index contributed by atoms with van der Waals surface area (Å²) < 4.78 is 42.6. The Labute approximate surface area is 197 Å². The van der Waals surface area contributed by atoms with Gasteiger partial charge >= 0.3 is 12.3 Å². The Kier molecular flexibility index (Phi) is 14.5. The van der Waals surface area contributed by atoms with Crippen molar-refractivity contribution in [2.24, 2.45) is 0 Å². The number of sulfone groups is 1. The van der Waals surface area contributed by atoms with Gasteiger partial charge in [-0.05, 0) is 26.3 Å². The van der Waals surface area contributed by atoms with Gasteiger partial charge < -0.3 is 24.3 Å². The molecular formula is C19H27Cl2NO9S. The average molecular weight is 516 g/mol. The smallest absolute Gasteiger partial charge is 0.435 e. The summed E-state index contributed by atoms with van der Waals surface area (Å²) in [5.41, 5.74) is 0.235. The maximum Gasteiger partial charge on any atom is 0.508 e. The van der Waals surface area contributed by atoms with Crippen molar-refractivity contribution < 1.29 is 41.7 Å². The molecule has 32 heavy (non-hydrogen) atoms. The lowest BCUT2D eigenvalue weighted by atomic mass is 10.0. The van der Waals surface area contributed by atoms with Gasteiger partial charge in [-0.2, -0.15) is 0 Å². The topological polar surface area (TPSA) is 134 Å². The van der Waals surface area contributed by atoms with Crippen LogP contribution in [0.4, 0.5) is 9.59 Å². The molecule has 182 valence electrons. The van der Waals surface area contributed by atoms with Crippen LogP contribution in [0, 0.1) is 0 Å². The molecule has 0 aliphatic heterocycles. The summed E-state index contributed by atoms with van der Waals surface area (Å²) in [6.45, 7) is 4.34. The van der Waals surface area contributed by atoms with Crippen molar-refractivity contribution in [2.75, 3.05) is 26.1 Å². The lowest BCUT2D eigenvalue weighted by molar-refractivity contribution is -0.121. The molecule has 0 unspecified atom stereocenters. The quantitative estimate of drug-likeness (QED) is 0.236. The van der Waals surface area contributed by atoms with Gasteiger partial charge in [0.15, 0.2) is 20.8 Å². The molecule has 0 aromatic heterocycles. The zero-order chi connectivity index (χ0) is 24.7. The molecule has 0 heterocycles. The average Bonchev–Trinajstić information content (AvgIpc) is 2.68. The number of carbonyl (C=O) groups is 3. The largest absolute Gasteiger partial charge is 0.508 e. The van der Waals surface area contributed by atoms with Gasteiger partial charge in [-0.15, -0.1) is 0 Å². The van der Waals surface area contributed by atoms with E-state index in [4.69, 9.17) is 37.4 Å². The standard InChI is InChI=1S/C19H27Cl2NO9S/c1-5-9-13(10-8-11-32(4,26)27)15(31-19(25)29-7-3)14(22-17(23)16(20)21)12-30-18(24)28-6-2/h5,8-11,14-16H,6-7,12H2,1-4H3,(H,22,23)/b9-5-,11-8+,13-10+/t14-,15-/m1/s1. The van der Waals surface area contributed by atoms with E-state index in [1.165, 1.54) is 18.2 Å². The van der Waals surface area contributed by atoms with E-state index >= 15 is 0 Å². The zero-order valence-electron chi connectivity index (χ0n) is 18.1. The van der Waals surface area contributed by atoms with Crippen LogP contribution in [0.2, 0.25) is 0 Å². The molecule has 0 saturated carbocycles. The number of ether oxygens (including phenoxy) is 4. The minimum Gasteiger partial charge on any atom is -0.435 e. The van der Waals surface area contributed by atoms with Crippen LogP contribution in [0.5, 0.6) is 0 Å². The Morgan fingerprint density at radius 2 is 1.62 bits per heavy atom. The summed E-state index contributed by atoms with van der Waals surface area (Å²) in [6.07, 6.45) is 3.23. The first kappa shape index (κ1) is 29.8. The number of allylic oxidation sites excluding steroid dienone is 3. The van der Waals surface area contributed by atoms with Crippen LogP contribution in [0.3, 0.4) is 0 Å². The molecule has 10 nitrogen and oxygen atoms in total. The Morgan fingerprint density at radius 1 is 1.03 bits per heavy atom. The summed E-state index contributed by atoms with van der Waals surface area (Å²) in [4.78, 5) is 34.3. The number of halogens is 2. The first-order valence-electron chi connectivity index (χ1n) is 9.37. The van der Waals surface area contributed by atoms with Crippen LogP contribution in [0.15, 0.2) is 35.3 Å². The molecule has 0 aliphatic rings. The van der Waals surface area contributed by atoms with E-state index in [-0.39, 0.29) is 18.8 Å². The summed E-state index contributed by atoms with van der Waals surface area (Å²) in [7, 11) is -3.44. The van der Waals surface area contributed by atoms with E-state index in [9.17, 15) is 22.8 Å². The van der Waals surface area contributed by atoms with Gasteiger partial charge in [0.25, 0.3) is 5.91 Å². The number of rotatable bonds is 12. The second kappa shape index (κ2) is 15.5. The minimum atomic E-state index is -3.44. The monoisotopic (exact) mass is 515 g/mol. The number of hydrogen-bond donors (Lipinski definition) is 1. The highest BCUT2D eigenvalue weighted by Crippen LogP contribution is 2.17. The molecule has 0 fully saturated rings. The lowest BCUT2D eigenvalue weighted by Gasteiger charge is -2.28. The Balaban J connectivity index is 6.23. The van der Waals surface area contributed by atoms with Crippen molar-refractivity contribution >= 4 is 51.3 Å². The van der Waals surface area contributed by atoms with Crippen LogP contribution >= 0.6 is 23.2 Å². The van der Waals surface area contributed by atoms with Crippen molar-refractivity contribution in [3.63, 3.8) is 0 Å². The first-order valence-corrected chi connectivity index (χ1v) is 12.2. The van der Waals surface area contributed by atoms with E-state index in [2.05, 4.69) is 10.1 Å². The second-order valence-electron chi connectivity index (χ2n) is 5.96. The summed E-state index contributed by atoms with van der Waals surface area (Å²) in [5, 5.41) is 3.35. The van der Waals surface area contributed by atoms with Crippen LogP contribution in [-0.2, 0) is 33.6 Å². The van der Waals surface area contributed by atoms with Crippen LogP contribution in [0.1, 0.15) is 20.8 Å². The SMILES string of the molecule is C\C=C/C(=C\C=C\S(C)(=O)=O)[C@@H](OC(=O)OCC)[C@@H](COC(=O)OCC)NC(=O)C(Cl)Cl. The van der Waals surface area contributed by atoms with Gasteiger partial charge in [0, 0.05) is 11.7 Å². The molecule has 0 aromatic rings. The zero-order valence-corrected chi connectivity index (χ0v) is 20.4. The number of amides is 1. The van der Waals surface area contributed by atoms with Crippen LogP contribution < -0.4 is 5.32 Å². The number of nitrogens with one attached hydrogen (secondary N) is 1. The van der Waals surface area contributed by atoms with Crippen molar-refractivity contribution in [1.29, 1.82) is 0 Å². The molecule has 1 amide bonds. The van der Waals surface area contributed by atoms with Crippen molar-refractivity contribution in [1.82, 2.24) is 5.32 Å². The normalized spacial score (nSPS) is 14.3. The molecular weight excluding hydrogens is 489 g/mol. The highest BCUT2D eigenvalue weighted by molar-refractivity contribution is 7.93. The molecule has 0 spiro atoms. The Hall–Kier alpha value is -2.24. The third-order valence-corrected chi connectivity index (χ3v) is 4.37. The Morgan fingerprint density at radius 3 is 2.12 bits per heavy atom. The molecule has 13 heteroatoms. The lowest BCUT2D eigenvalue weighted by Crippen LogP contribution is -2.50. The number of alkyl halides is 2. The van der Waals surface area contributed by atoms with Gasteiger partial charge in [-0.1, -0.05) is 47.5 Å². The molecule has 0 rings (SSSR count). The fourth-order valence-corrected chi connectivity index (χ4v) is 2.63. The summed E-state index contributed by atoms with van der Waals surface area (Å²) in [5.74, 6) is -0.852. The third kappa shape index (κ3) is 13.2. The summed E-state index contributed by atoms with van der Waals surface area (Å²) in [6, 6.07) is -1.19. The van der Waals surface area contributed by atoms with Gasteiger partial charge in [0.05, 0.1) is 13.2 Å². The van der Waals surface area contributed by atoms with E-state index in [1.54, 1.807) is 26.8 Å². The van der Waals surface area contributed by atoms with E-state index in [1.807, 2.05) is 0 Å². The van der Waals surface area contributed by atoms with Gasteiger partial charge in [0.2, 0.25) is 0 Å². The molecule has 0 bridgehead atoms. The van der Waals surface area contributed by atoms with E-state index in [0.717, 1.165) is 11.7 Å². The number of carbonyl (C=O) groups excluding carboxylic acids is 3. The first-order chi connectivity index (χ1) is 14.9. The van der Waals surface area contributed by atoms with Gasteiger partial charge in [-0.3, -0.25) is 4.79 Å². The molecule has 1 N–H and O–H groups in total. The predicted octanol–water partition coefficient (Wildman–Crippen LogP) is 3.05. The maximum atomic E-state index is 12.1. The highest BCUT2D eigenvalue weighted by Gasteiger charge is 2.32. The van der Waals surface area contributed by atoms with Gasteiger partial charge in [-0.25, -0.2) is 18.0 Å². The second-order valence-corrected chi connectivity index (χ2v) is 8.98. The van der Waals surface area contributed by atoms with E-state index in [0.29, 0.717) is 0 Å².